The molecule has 1 aromatic carbocycles. The summed E-state index contributed by atoms with van der Waals surface area (Å²) in [7, 11) is 0. The molecule has 2 fully saturated rings. The maximum Gasteiger partial charge on any atom is 0.239 e. The van der Waals surface area contributed by atoms with Gasteiger partial charge in [-0.25, -0.2) is 0 Å². The van der Waals surface area contributed by atoms with Crippen molar-refractivity contribution in [3.63, 3.8) is 0 Å². The molecule has 2 aliphatic rings. The summed E-state index contributed by atoms with van der Waals surface area (Å²) in [5, 5.41) is 0. The van der Waals surface area contributed by atoms with E-state index in [9.17, 15) is 4.79 Å². The van der Waals surface area contributed by atoms with Crippen molar-refractivity contribution in [3.05, 3.63) is 35.9 Å². The fourth-order valence-electron chi connectivity index (χ4n) is 3.52. The Hall–Kier alpha value is -1.43. The summed E-state index contributed by atoms with van der Waals surface area (Å²) in [5.74, 6) is 0.666. The molecule has 2 aliphatic heterocycles. The van der Waals surface area contributed by atoms with Crippen LogP contribution in [0.4, 0.5) is 0 Å². The number of carbonyl (C=O) groups excluding carboxylic acids is 1. The molecule has 3 rings (SSSR count). The van der Waals surface area contributed by atoms with E-state index in [4.69, 9.17) is 10.5 Å². The average Bonchev–Trinajstić information content (AvgIpc) is 3.04. The zero-order chi connectivity index (χ0) is 16.1. The first-order chi connectivity index (χ1) is 11.2. The highest BCUT2D eigenvalue weighted by Gasteiger charge is 2.30. The van der Waals surface area contributed by atoms with Gasteiger partial charge in [-0.05, 0) is 24.3 Å². The molecular weight excluding hydrogens is 290 g/mol. The molecule has 23 heavy (non-hydrogen) atoms. The predicted molar refractivity (Wildman–Crippen MR) is 90.1 cm³/mol. The van der Waals surface area contributed by atoms with Gasteiger partial charge in [0.05, 0.1) is 19.3 Å². The van der Waals surface area contributed by atoms with Gasteiger partial charge in [-0.15, -0.1) is 0 Å². The van der Waals surface area contributed by atoms with Gasteiger partial charge in [0.25, 0.3) is 0 Å². The molecule has 0 aliphatic carbocycles. The number of hydrogen-bond acceptors (Lipinski definition) is 4. The lowest BCUT2D eigenvalue weighted by atomic mass is 10.1. The molecule has 1 aromatic rings. The van der Waals surface area contributed by atoms with E-state index < -0.39 is 6.04 Å². The fourth-order valence-corrected chi connectivity index (χ4v) is 3.52. The molecule has 5 nitrogen and oxygen atoms in total. The van der Waals surface area contributed by atoms with Crippen LogP contribution in [0.3, 0.4) is 0 Å². The van der Waals surface area contributed by atoms with Crippen LogP contribution in [0.1, 0.15) is 12.0 Å². The van der Waals surface area contributed by atoms with Gasteiger partial charge in [0, 0.05) is 32.7 Å². The standard InChI is InChI=1S/C18H27N3O2/c19-17(12-15-4-2-1-3-5-15)18(22)21-7-6-16(14-21)13-20-8-10-23-11-9-20/h1-5,16-17H,6-14,19H2. The van der Waals surface area contributed by atoms with Crippen molar-refractivity contribution in [2.45, 2.75) is 18.9 Å². The molecule has 0 bridgehead atoms. The van der Waals surface area contributed by atoms with Crippen LogP contribution in [-0.2, 0) is 16.0 Å². The lowest BCUT2D eigenvalue weighted by molar-refractivity contribution is -0.131. The number of hydrogen-bond donors (Lipinski definition) is 1. The summed E-state index contributed by atoms with van der Waals surface area (Å²) in [5.41, 5.74) is 7.26. The first kappa shape index (κ1) is 16.4. The van der Waals surface area contributed by atoms with Crippen LogP contribution in [0.5, 0.6) is 0 Å². The molecule has 0 radical (unpaired) electrons. The number of carbonyl (C=O) groups is 1. The van der Waals surface area contributed by atoms with E-state index in [2.05, 4.69) is 4.90 Å². The lowest BCUT2D eigenvalue weighted by Crippen LogP contribution is -2.44. The van der Waals surface area contributed by atoms with Gasteiger partial charge in [-0.3, -0.25) is 9.69 Å². The predicted octanol–water partition coefficient (Wildman–Crippen LogP) is 0.737. The number of nitrogens with zero attached hydrogens (tertiary/aromatic N) is 2. The molecule has 2 heterocycles. The van der Waals surface area contributed by atoms with Crippen molar-refractivity contribution in [3.8, 4) is 0 Å². The van der Waals surface area contributed by atoms with E-state index in [1.165, 1.54) is 0 Å². The minimum atomic E-state index is -0.431. The van der Waals surface area contributed by atoms with E-state index in [1.54, 1.807) is 0 Å². The molecule has 0 saturated carbocycles. The molecule has 5 heteroatoms. The van der Waals surface area contributed by atoms with Crippen molar-refractivity contribution >= 4 is 5.91 Å². The third kappa shape index (κ3) is 4.53. The summed E-state index contributed by atoms with van der Waals surface area (Å²) in [6.45, 7) is 6.45. The van der Waals surface area contributed by atoms with Crippen LogP contribution in [0.15, 0.2) is 30.3 Å². The third-order valence-electron chi connectivity index (χ3n) is 4.83. The third-order valence-corrected chi connectivity index (χ3v) is 4.83. The van der Waals surface area contributed by atoms with E-state index >= 15 is 0 Å². The Morgan fingerprint density at radius 1 is 1.22 bits per heavy atom. The molecule has 2 unspecified atom stereocenters. The van der Waals surface area contributed by atoms with Crippen LogP contribution in [0, 0.1) is 5.92 Å². The van der Waals surface area contributed by atoms with Gasteiger partial charge < -0.3 is 15.4 Å². The van der Waals surface area contributed by atoms with Gasteiger partial charge in [-0.1, -0.05) is 30.3 Å². The van der Waals surface area contributed by atoms with Gasteiger partial charge in [0.2, 0.25) is 5.91 Å². The van der Waals surface area contributed by atoms with Crippen LogP contribution in [0.2, 0.25) is 0 Å². The molecule has 2 N–H and O–H groups in total. The average molecular weight is 317 g/mol. The van der Waals surface area contributed by atoms with Crippen molar-refractivity contribution in [1.82, 2.24) is 9.80 Å². The number of benzene rings is 1. The van der Waals surface area contributed by atoms with E-state index in [0.717, 1.165) is 57.9 Å². The first-order valence-electron chi connectivity index (χ1n) is 8.61. The zero-order valence-corrected chi connectivity index (χ0v) is 13.7. The van der Waals surface area contributed by atoms with Crippen LogP contribution < -0.4 is 5.73 Å². The number of amides is 1. The Labute approximate surface area is 138 Å². The van der Waals surface area contributed by atoms with Crippen molar-refractivity contribution in [2.75, 3.05) is 45.9 Å². The van der Waals surface area contributed by atoms with Gasteiger partial charge in [0.15, 0.2) is 0 Å². The number of rotatable bonds is 5. The topological polar surface area (TPSA) is 58.8 Å². The second-order valence-corrected chi connectivity index (χ2v) is 6.65. The molecule has 2 saturated heterocycles. The van der Waals surface area contributed by atoms with Crippen molar-refractivity contribution < 1.29 is 9.53 Å². The second-order valence-electron chi connectivity index (χ2n) is 6.65. The quantitative estimate of drug-likeness (QED) is 0.870. The zero-order valence-electron chi connectivity index (χ0n) is 13.7. The highest BCUT2D eigenvalue weighted by atomic mass is 16.5. The Morgan fingerprint density at radius 2 is 1.96 bits per heavy atom. The van der Waals surface area contributed by atoms with E-state index in [-0.39, 0.29) is 5.91 Å². The van der Waals surface area contributed by atoms with Gasteiger partial charge in [-0.2, -0.15) is 0 Å². The smallest absolute Gasteiger partial charge is 0.239 e. The summed E-state index contributed by atoms with van der Waals surface area (Å²) in [6.07, 6.45) is 1.70. The molecular formula is C18H27N3O2. The highest BCUT2D eigenvalue weighted by molar-refractivity contribution is 5.82. The van der Waals surface area contributed by atoms with Crippen LogP contribution in [0.25, 0.3) is 0 Å². The normalized spacial score (nSPS) is 23.9. The van der Waals surface area contributed by atoms with E-state index in [1.807, 2.05) is 35.2 Å². The Bertz CT molecular complexity index is 502. The highest BCUT2D eigenvalue weighted by Crippen LogP contribution is 2.19. The minimum absolute atomic E-state index is 0.0957. The Balaban J connectivity index is 1.46. The lowest BCUT2D eigenvalue weighted by Gasteiger charge is -2.29. The van der Waals surface area contributed by atoms with Gasteiger partial charge >= 0.3 is 0 Å². The Morgan fingerprint density at radius 3 is 2.70 bits per heavy atom. The fraction of sp³-hybridized carbons (Fsp3) is 0.611. The second kappa shape index (κ2) is 7.90. The SMILES string of the molecule is NC(Cc1ccccc1)C(=O)N1CCC(CN2CCOCC2)C1. The first-order valence-corrected chi connectivity index (χ1v) is 8.61. The van der Waals surface area contributed by atoms with Crippen molar-refractivity contribution in [2.24, 2.45) is 11.7 Å². The summed E-state index contributed by atoms with van der Waals surface area (Å²) >= 11 is 0. The molecule has 0 aromatic heterocycles. The van der Waals surface area contributed by atoms with Crippen LogP contribution in [-0.4, -0.2) is 67.7 Å². The molecule has 1 amide bonds. The minimum Gasteiger partial charge on any atom is -0.379 e. The summed E-state index contributed by atoms with van der Waals surface area (Å²) < 4.78 is 5.39. The largest absolute Gasteiger partial charge is 0.379 e. The number of morpholine rings is 1. The number of likely N-dealkylation sites (tertiary alicyclic amines) is 1. The maximum absolute atomic E-state index is 12.6. The number of ether oxygens (including phenoxy) is 1. The maximum atomic E-state index is 12.6. The van der Waals surface area contributed by atoms with Crippen LogP contribution >= 0.6 is 0 Å². The van der Waals surface area contributed by atoms with Gasteiger partial charge in [0.1, 0.15) is 0 Å². The molecule has 126 valence electrons. The molecule has 2 atom stereocenters. The monoisotopic (exact) mass is 317 g/mol. The number of nitrogens with two attached hydrogens (primary N) is 1. The summed E-state index contributed by atoms with van der Waals surface area (Å²) in [6, 6.07) is 9.57. The summed E-state index contributed by atoms with van der Waals surface area (Å²) in [4.78, 5) is 17.0. The Kier molecular flexibility index (Phi) is 5.65. The van der Waals surface area contributed by atoms with Crippen molar-refractivity contribution in [1.29, 1.82) is 0 Å². The van der Waals surface area contributed by atoms with E-state index in [0.29, 0.717) is 12.3 Å². The molecule has 0 spiro atoms.